The predicted octanol–water partition coefficient (Wildman–Crippen LogP) is 0.608. The van der Waals surface area contributed by atoms with Gasteiger partial charge >= 0.3 is 0 Å². The molecule has 3 N–H and O–H groups in total. The molecule has 1 amide bonds. The molecule has 0 radical (unpaired) electrons. The van der Waals surface area contributed by atoms with Crippen LogP contribution in [-0.2, 0) is 14.8 Å². The summed E-state index contributed by atoms with van der Waals surface area (Å²) in [5.74, 6) is -0.0870. The molecule has 0 aliphatic heterocycles. The minimum Gasteiger partial charge on any atom is -0.330 e. The average molecular weight is 250 g/mol. The monoisotopic (exact) mass is 250 g/mol. The molecule has 0 heterocycles. The molecule has 6 heteroatoms. The van der Waals surface area contributed by atoms with E-state index in [1.807, 2.05) is 11.6 Å². The molecule has 0 aromatic heterocycles. The Kier molecular flexibility index (Phi) is 7.33. The first kappa shape index (κ1) is 15.4. The van der Waals surface area contributed by atoms with E-state index in [2.05, 4.69) is 0 Å². The SMILES string of the molecule is CCC(CCN)CCC(=O)NS(=O)(=O)CC. The molecule has 0 aromatic rings. The van der Waals surface area contributed by atoms with Crippen molar-refractivity contribution in [1.29, 1.82) is 0 Å². The molecule has 5 nitrogen and oxygen atoms in total. The van der Waals surface area contributed by atoms with E-state index >= 15 is 0 Å². The third-order valence-electron chi connectivity index (χ3n) is 2.58. The van der Waals surface area contributed by atoms with Gasteiger partial charge in [-0.3, -0.25) is 9.52 Å². The lowest BCUT2D eigenvalue weighted by atomic mass is 9.97. The Hall–Kier alpha value is -0.620. The minimum absolute atomic E-state index is 0.0707. The molecule has 16 heavy (non-hydrogen) atoms. The number of carbonyl (C=O) groups is 1. The number of sulfonamides is 1. The van der Waals surface area contributed by atoms with Crippen LogP contribution in [0, 0.1) is 5.92 Å². The zero-order valence-corrected chi connectivity index (χ0v) is 10.8. The Labute approximate surface area is 97.8 Å². The lowest BCUT2D eigenvalue weighted by Crippen LogP contribution is -2.31. The highest BCUT2D eigenvalue weighted by Gasteiger charge is 2.13. The van der Waals surface area contributed by atoms with Crippen LogP contribution in [0.4, 0.5) is 0 Å². The summed E-state index contributed by atoms with van der Waals surface area (Å²) in [6, 6.07) is 0. The van der Waals surface area contributed by atoms with Crippen molar-refractivity contribution in [3.63, 3.8) is 0 Å². The van der Waals surface area contributed by atoms with Crippen molar-refractivity contribution in [3.8, 4) is 0 Å². The maximum absolute atomic E-state index is 11.3. The molecule has 0 aromatic carbocycles. The maximum Gasteiger partial charge on any atom is 0.234 e. The fraction of sp³-hybridized carbons (Fsp3) is 0.900. The highest BCUT2D eigenvalue weighted by molar-refractivity contribution is 7.90. The van der Waals surface area contributed by atoms with Crippen LogP contribution in [0.15, 0.2) is 0 Å². The molecule has 0 saturated heterocycles. The van der Waals surface area contributed by atoms with Crippen molar-refractivity contribution in [2.24, 2.45) is 11.7 Å². The fourth-order valence-electron chi connectivity index (χ4n) is 1.42. The minimum atomic E-state index is -3.41. The normalized spacial score (nSPS) is 13.4. The summed E-state index contributed by atoms with van der Waals surface area (Å²) in [6.07, 6.45) is 2.78. The summed E-state index contributed by atoms with van der Waals surface area (Å²) in [7, 11) is -3.41. The fourth-order valence-corrected chi connectivity index (χ4v) is 2.01. The Bertz CT molecular complexity index is 301. The Morgan fingerprint density at radius 3 is 2.38 bits per heavy atom. The van der Waals surface area contributed by atoms with E-state index in [0.29, 0.717) is 18.9 Å². The van der Waals surface area contributed by atoms with Crippen molar-refractivity contribution in [1.82, 2.24) is 4.72 Å². The summed E-state index contributed by atoms with van der Waals surface area (Å²) in [5, 5.41) is 0. The first-order valence-electron chi connectivity index (χ1n) is 5.68. The molecular formula is C10H22N2O3S. The van der Waals surface area contributed by atoms with Crippen LogP contribution in [0.5, 0.6) is 0 Å². The zero-order chi connectivity index (χ0) is 12.6. The van der Waals surface area contributed by atoms with Crippen molar-refractivity contribution >= 4 is 15.9 Å². The summed E-state index contributed by atoms with van der Waals surface area (Å²) < 4.78 is 24.2. The molecule has 1 unspecified atom stereocenters. The third kappa shape index (κ3) is 6.79. The quantitative estimate of drug-likeness (QED) is 0.660. The highest BCUT2D eigenvalue weighted by Crippen LogP contribution is 2.14. The molecule has 0 aliphatic carbocycles. The lowest BCUT2D eigenvalue weighted by Gasteiger charge is -2.12. The number of hydrogen-bond donors (Lipinski definition) is 2. The first-order valence-corrected chi connectivity index (χ1v) is 7.33. The van der Waals surface area contributed by atoms with Crippen LogP contribution in [-0.4, -0.2) is 26.6 Å². The highest BCUT2D eigenvalue weighted by atomic mass is 32.2. The van der Waals surface area contributed by atoms with E-state index in [0.717, 1.165) is 12.8 Å². The molecule has 0 fully saturated rings. The number of amides is 1. The Morgan fingerprint density at radius 2 is 1.94 bits per heavy atom. The standard InChI is InChI=1S/C10H22N2O3S/c1-3-9(7-8-11)5-6-10(13)12-16(14,15)4-2/h9H,3-8,11H2,1-2H3,(H,12,13). The van der Waals surface area contributed by atoms with Crippen LogP contribution in [0.3, 0.4) is 0 Å². The number of nitrogens with two attached hydrogens (primary N) is 1. The maximum atomic E-state index is 11.3. The van der Waals surface area contributed by atoms with Crippen molar-refractivity contribution in [2.45, 2.75) is 39.5 Å². The van der Waals surface area contributed by atoms with Gasteiger partial charge in [-0.15, -0.1) is 0 Å². The molecule has 96 valence electrons. The Morgan fingerprint density at radius 1 is 1.31 bits per heavy atom. The molecule has 1 atom stereocenters. The number of carbonyl (C=O) groups excluding carboxylic acids is 1. The summed E-state index contributed by atoms with van der Waals surface area (Å²) in [5.41, 5.74) is 5.44. The second-order valence-electron chi connectivity index (χ2n) is 3.82. The van der Waals surface area contributed by atoms with Gasteiger partial charge in [-0.2, -0.15) is 0 Å². The van der Waals surface area contributed by atoms with E-state index in [4.69, 9.17) is 5.73 Å². The number of hydrogen-bond acceptors (Lipinski definition) is 4. The van der Waals surface area contributed by atoms with Gasteiger partial charge in [0.05, 0.1) is 5.75 Å². The largest absolute Gasteiger partial charge is 0.330 e. The van der Waals surface area contributed by atoms with Crippen LogP contribution >= 0.6 is 0 Å². The van der Waals surface area contributed by atoms with E-state index in [1.54, 1.807) is 0 Å². The molecule has 0 aliphatic rings. The van der Waals surface area contributed by atoms with Crippen LogP contribution in [0.1, 0.15) is 39.5 Å². The van der Waals surface area contributed by atoms with Gasteiger partial charge in [0.15, 0.2) is 0 Å². The lowest BCUT2D eigenvalue weighted by molar-refractivity contribution is -0.119. The summed E-state index contributed by atoms with van der Waals surface area (Å²) in [6.45, 7) is 4.15. The molecule has 0 saturated carbocycles. The van der Waals surface area contributed by atoms with Gasteiger partial charge in [-0.05, 0) is 32.2 Å². The van der Waals surface area contributed by atoms with E-state index in [9.17, 15) is 13.2 Å². The summed E-state index contributed by atoms with van der Waals surface area (Å²) >= 11 is 0. The zero-order valence-electron chi connectivity index (χ0n) is 10.0. The van der Waals surface area contributed by atoms with Crippen LogP contribution in [0.25, 0.3) is 0 Å². The number of nitrogens with one attached hydrogen (secondary N) is 1. The smallest absolute Gasteiger partial charge is 0.234 e. The average Bonchev–Trinajstić information content (AvgIpc) is 2.23. The van der Waals surface area contributed by atoms with Crippen molar-refractivity contribution in [2.75, 3.05) is 12.3 Å². The predicted molar refractivity (Wildman–Crippen MR) is 64.3 cm³/mol. The van der Waals surface area contributed by atoms with Crippen molar-refractivity contribution in [3.05, 3.63) is 0 Å². The van der Waals surface area contributed by atoms with Crippen LogP contribution in [0.2, 0.25) is 0 Å². The van der Waals surface area contributed by atoms with Gasteiger partial charge in [0.2, 0.25) is 15.9 Å². The molecule has 0 rings (SSSR count). The first-order chi connectivity index (χ1) is 7.45. The van der Waals surface area contributed by atoms with Gasteiger partial charge in [0.1, 0.15) is 0 Å². The Balaban J connectivity index is 3.97. The van der Waals surface area contributed by atoms with Gasteiger partial charge in [0.25, 0.3) is 0 Å². The van der Waals surface area contributed by atoms with Gasteiger partial charge in [-0.1, -0.05) is 13.3 Å². The third-order valence-corrected chi connectivity index (χ3v) is 3.88. The molecular weight excluding hydrogens is 228 g/mol. The second kappa shape index (κ2) is 7.62. The van der Waals surface area contributed by atoms with Gasteiger partial charge in [0, 0.05) is 6.42 Å². The van der Waals surface area contributed by atoms with Gasteiger partial charge < -0.3 is 5.73 Å². The van der Waals surface area contributed by atoms with E-state index in [-0.39, 0.29) is 12.2 Å². The van der Waals surface area contributed by atoms with Crippen LogP contribution < -0.4 is 10.5 Å². The molecule has 0 bridgehead atoms. The topological polar surface area (TPSA) is 89.3 Å². The van der Waals surface area contributed by atoms with Gasteiger partial charge in [-0.25, -0.2) is 8.42 Å². The number of rotatable bonds is 8. The second-order valence-corrected chi connectivity index (χ2v) is 5.83. The summed E-state index contributed by atoms with van der Waals surface area (Å²) in [4.78, 5) is 11.3. The van der Waals surface area contributed by atoms with Crippen molar-refractivity contribution < 1.29 is 13.2 Å². The van der Waals surface area contributed by atoms with E-state index in [1.165, 1.54) is 6.92 Å². The molecule has 0 spiro atoms. The van der Waals surface area contributed by atoms with E-state index < -0.39 is 15.9 Å².